The van der Waals surface area contributed by atoms with Gasteiger partial charge in [0.05, 0.1) is 12.7 Å². The van der Waals surface area contributed by atoms with Crippen molar-refractivity contribution in [2.75, 3.05) is 59.6 Å². The molecular formula is C19H39IN4O2. The highest BCUT2D eigenvalue weighted by atomic mass is 127. The van der Waals surface area contributed by atoms with Crippen molar-refractivity contribution in [2.24, 2.45) is 16.8 Å². The summed E-state index contributed by atoms with van der Waals surface area (Å²) >= 11 is 0. The Morgan fingerprint density at radius 3 is 2.85 bits per heavy atom. The largest absolute Gasteiger partial charge is 0.379 e. The van der Waals surface area contributed by atoms with Crippen LogP contribution in [0.15, 0.2) is 4.99 Å². The third-order valence-corrected chi connectivity index (χ3v) is 4.86. The second-order valence-corrected chi connectivity index (χ2v) is 7.75. The molecule has 0 saturated carbocycles. The summed E-state index contributed by atoms with van der Waals surface area (Å²) in [5, 5.41) is 6.89. The summed E-state index contributed by atoms with van der Waals surface area (Å²) in [7, 11) is 1.84. The van der Waals surface area contributed by atoms with E-state index in [0.29, 0.717) is 6.10 Å². The molecule has 2 aliphatic rings. The molecule has 0 aliphatic carbocycles. The first-order chi connectivity index (χ1) is 12.2. The molecule has 0 aromatic rings. The summed E-state index contributed by atoms with van der Waals surface area (Å²) in [6, 6.07) is 0. The van der Waals surface area contributed by atoms with Gasteiger partial charge in [0.1, 0.15) is 0 Å². The van der Waals surface area contributed by atoms with Crippen LogP contribution in [-0.4, -0.2) is 76.6 Å². The zero-order chi connectivity index (χ0) is 17.9. The number of guanidine groups is 1. The van der Waals surface area contributed by atoms with Gasteiger partial charge < -0.3 is 25.0 Å². The Kier molecular flexibility index (Phi) is 12.8. The lowest BCUT2D eigenvalue weighted by Crippen LogP contribution is -2.45. The number of ether oxygens (including phenoxy) is 2. The molecule has 2 saturated heterocycles. The van der Waals surface area contributed by atoms with Crippen LogP contribution >= 0.6 is 24.0 Å². The number of hydrogen-bond acceptors (Lipinski definition) is 4. The smallest absolute Gasteiger partial charge is 0.190 e. The van der Waals surface area contributed by atoms with Gasteiger partial charge in [-0.2, -0.15) is 0 Å². The monoisotopic (exact) mass is 482 g/mol. The number of rotatable bonds is 9. The average Bonchev–Trinajstić information content (AvgIpc) is 3.10. The van der Waals surface area contributed by atoms with Crippen molar-refractivity contribution in [2.45, 2.75) is 45.6 Å². The number of hydrogen-bond donors (Lipinski definition) is 2. The first-order valence-corrected chi connectivity index (χ1v) is 10.0. The van der Waals surface area contributed by atoms with E-state index >= 15 is 0 Å². The van der Waals surface area contributed by atoms with Gasteiger partial charge in [0, 0.05) is 46.4 Å². The van der Waals surface area contributed by atoms with Crippen molar-refractivity contribution in [3.8, 4) is 0 Å². The van der Waals surface area contributed by atoms with Gasteiger partial charge in [-0.1, -0.05) is 13.8 Å². The summed E-state index contributed by atoms with van der Waals surface area (Å²) in [6.07, 6.45) is 4.95. The zero-order valence-electron chi connectivity index (χ0n) is 16.8. The van der Waals surface area contributed by atoms with E-state index in [2.05, 4.69) is 34.4 Å². The van der Waals surface area contributed by atoms with Crippen LogP contribution in [0.4, 0.5) is 0 Å². The van der Waals surface area contributed by atoms with Gasteiger partial charge in [0.2, 0.25) is 0 Å². The summed E-state index contributed by atoms with van der Waals surface area (Å²) in [6.45, 7) is 12.6. The minimum absolute atomic E-state index is 0. The van der Waals surface area contributed by atoms with Crippen LogP contribution in [0.25, 0.3) is 0 Å². The van der Waals surface area contributed by atoms with Crippen molar-refractivity contribution in [3.05, 3.63) is 0 Å². The van der Waals surface area contributed by atoms with Crippen molar-refractivity contribution in [1.29, 1.82) is 0 Å². The molecule has 0 aromatic carbocycles. The fourth-order valence-electron chi connectivity index (χ4n) is 3.64. The maximum Gasteiger partial charge on any atom is 0.190 e. The maximum absolute atomic E-state index is 5.79. The van der Waals surface area contributed by atoms with E-state index in [0.717, 1.165) is 63.5 Å². The Balaban J connectivity index is 0.00000338. The molecule has 2 unspecified atom stereocenters. The Morgan fingerprint density at radius 2 is 2.15 bits per heavy atom. The molecule has 2 atom stereocenters. The fourth-order valence-corrected chi connectivity index (χ4v) is 3.64. The SMILES string of the molecule is CN=C(NCCCOC1CCOC1)NCC1CCCN(CC(C)C)C1.I. The molecule has 2 rings (SSSR count). The van der Waals surface area contributed by atoms with Crippen LogP contribution in [0.2, 0.25) is 0 Å². The minimum atomic E-state index is 0. The number of nitrogens with zero attached hydrogens (tertiary/aromatic N) is 2. The van der Waals surface area contributed by atoms with Crippen molar-refractivity contribution in [1.82, 2.24) is 15.5 Å². The number of piperidine rings is 1. The lowest BCUT2D eigenvalue weighted by Gasteiger charge is -2.34. The molecule has 7 heteroatoms. The first kappa shape index (κ1) is 23.9. The van der Waals surface area contributed by atoms with Crippen LogP contribution in [0.5, 0.6) is 0 Å². The van der Waals surface area contributed by atoms with Gasteiger partial charge in [-0.15, -0.1) is 24.0 Å². The molecule has 0 bridgehead atoms. The van der Waals surface area contributed by atoms with E-state index in [-0.39, 0.29) is 24.0 Å². The quantitative estimate of drug-likeness (QED) is 0.229. The standard InChI is InChI=1S/C19H38N4O2.HI/c1-16(2)13-23-9-4-6-17(14-23)12-22-19(20-3)21-8-5-10-25-18-7-11-24-15-18;/h16-18H,4-15H2,1-3H3,(H2,20,21,22);1H. The second kappa shape index (κ2) is 14.0. The van der Waals surface area contributed by atoms with Gasteiger partial charge in [-0.3, -0.25) is 4.99 Å². The Labute approximate surface area is 176 Å². The van der Waals surface area contributed by atoms with Gasteiger partial charge in [-0.05, 0) is 44.1 Å². The van der Waals surface area contributed by atoms with Gasteiger partial charge in [0.15, 0.2) is 5.96 Å². The minimum Gasteiger partial charge on any atom is -0.379 e. The predicted molar refractivity (Wildman–Crippen MR) is 119 cm³/mol. The molecule has 0 spiro atoms. The zero-order valence-corrected chi connectivity index (χ0v) is 19.2. The van der Waals surface area contributed by atoms with E-state index in [4.69, 9.17) is 9.47 Å². The van der Waals surface area contributed by atoms with E-state index < -0.39 is 0 Å². The summed E-state index contributed by atoms with van der Waals surface area (Å²) in [5.41, 5.74) is 0. The third-order valence-electron chi connectivity index (χ3n) is 4.86. The molecule has 6 nitrogen and oxygen atoms in total. The molecule has 2 N–H and O–H groups in total. The Morgan fingerprint density at radius 1 is 1.31 bits per heavy atom. The van der Waals surface area contributed by atoms with Gasteiger partial charge >= 0.3 is 0 Å². The molecule has 0 amide bonds. The second-order valence-electron chi connectivity index (χ2n) is 7.75. The van der Waals surface area contributed by atoms with E-state index in [1.807, 2.05) is 7.05 Å². The van der Waals surface area contributed by atoms with Crippen LogP contribution < -0.4 is 10.6 Å². The fraction of sp³-hybridized carbons (Fsp3) is 0.947. The van der Waals surface area contributed by atoms with E-state index in [1.54, 1.807) is 0 Å². The number of likely N-dealkylation sites (tertiary alicyclic amines) is 1. The van der Waals surface area contributed by atoms with E-state index in [1.165, 1.54) is 32.5 Å². The Hall–Kier alpha value is -0.120. The van der Waals surface area contributed by atoms with Crippen LogP contribution in [0.3, 0.4) is 0 Å². The molecule has 0 radical (unpaired) electrons. The number of aliphatic imine (C=N–C) groups is 1. The highest BCUT2D eigenvalue weighted by molar-refractivity contribution is 14.0. The van der Waals surface area contributed by atoms with Crippen LogP contribution in [0.1, 0.15) is 39.5 Å². The normalized spacial score (nSPS) is 24.5. The highest BCUT2D eigenvalue weighted by Gasteiger charge is 2.20. The summed E-state index contributed by atoms with van der Waals surface area (Å²) < 4.78 is 11.1. The van der Waals surface area contributed by atoms with Crippen LogP contribution in [-0.2, 0) is 9.47 Å². The molecule has 2 aliphatic heterocycles. The van der Waals surface area contributed by atoms with Crippen molar-refractivity contribution >= 4 is 29.9 Å². The lowest BCUT2D eigenvalue weighted by atomic mass is 9.97. The maximum atomic E-state index is 5.79. The van der Waals surface area contributed by atoms with Crippen molar-refractivity contribution < 1.29 is 9.47 Å². The Bertz CT molecular complexity index is 390. The van der Waals surface area contributed by atoms with E-state index in [9.17, 15) is 0 Å². The van der Waals surface area contributed by atoms with Crippen molar-refractivity contribution in [3.63, 3.8) is 0 Å². The molecule has 2 heterocycles. The first-order valence-electron chi connectivity index (χ1n) is 10.0. The van der Waals surface area contributed by atoms with Gasteiger partial charge in [0.25, 0.3) is 0 Å². The lowest BCUT2D eigenvalue weighted by molar-refractivity contribution is 0.0420. The molecule has 154 valence electrons. The molecule has 0 aromatic heterocycles. The van der Waals surface area contributed by atoms with Gasteiger partial charge in [-0.25, -0.2) is 0 Å². The molecule has 2 fully saturated rings. The topological polar surface area (TPSA) is 58.1 Å². The predicted octanol–water partition coefficient (Wildman–Crippen LogP) is 2.33. The number of halogens is 1. The molecular weight excluding hydrogens is 443 g/mol. The third kappa shape index (κ3) is 9.71. The number of nitrogens with one attached hydrogen (secondary N) is 2. The average molecular weight is 482 g/mol. The summed E-state index contributed by atoms with van der Waals surface area (Å²) in [4.78, 5) is 6.95. The highest BCUT2D eigenvalue weighted by Crippen LogP contribution is 2.16. The summed E-state index contributed by atoms with van der Waals surface area (Å²) in [5.74, 6) is 2.38. The van der Waals surface area contributed by atoms with Crippen LogP contribution in [0, 0.1) is 11.8 Å². The molecule has 26 heavy (non-hydrogen) atoms.